The summed E-state index contributed by atoms with van der Waals surface area (Å²) in [6.07, 6.45) is 8.72. The average molecular weight is 500 g/mol. The van der Waals surface area contributed by atoms with Gasteiger partial charge in [-0.15, -0.1) is 0 Å². The molecule has 3 heterocycles. The van der Waals surface area contributed by atoms with Crippen molar-refractivity contribution < 1.29 is 9.86 Å². The molecular formula is C30H37N5O2. The highest BCUT2D eigenvalue weighted by molar-refractivity contribution is 5.95. The van der Waals surface area contributed by atoms with Crippen molar-refractivity contribution in [2.24, 2.45) is 5.92 Å². The SMILES string of the molecule is C/C=C1\C(=C/C(=N)C[NH+]([O-])CC2(c3ccccc3)CCN(C)CC2)CC2c3cccnc3NC(=O)CC12. The molecule has 7 nitrogen and oxygen atoms in total. The predicted molar refractivity (Wildman–Crippen MR) is 147 cm³/mol. The van der Waals surface area contributed by atoms with Crippen LogP contribution < -0.4 is 10.4 Å². The molecule has 194 valence electrons. The fourth-order valence-electron chi connectivity index (χ4n) is 6.60. The van der Waals surface area contributed by atoms with Gasteiger partial charge in [0.1, 0.15) is 12.4 Å². The minimum Gasteiger partial charge on any atom is -0.634 e. The molecular weight excluding hydrogens is 462 g/mol. The number of likely N-dealkylation sites (tertiary alicyclic amines) is 1. The van der Waals surface area contributed by atoms with Crippen LogP contribution in [-0.4, -0.2) is 54.7 Å². The van der Waals surface area contributed by atoms with Gasteiger partial charge in [-0.1, -0.05) is 42.5 Å². The molecule has 0 radical (unpaired) electrons. The average Bonchev–Trinajstić information content (AvgIpc) is 3.14. The van der Waals surface area contributed by atoms with Crippen molar-refractivity contribution in [1.29, 1.82) is 5.41 Å². The molecule has 3 atom stereocenters. The number of benzene rings is 1. The Hall–Kier alpha value is -3.13. The Morgan fingerprint density at radius 2 is 1.95 bits per heavy atom. The Kier molecular flexibility index (Phi) is 7.38. The quantitative estimate of drug-likeness (QED) is 0.419. The Morgan fingerprint density at radius 3 is 2.68 bits per heavy atom. The van der Waals surface area contributed by atoms with Gasteiger partial charge in [-0.2, -0.15) is 0 Å². The number of quaternary nitrogens is 1. The van der Waals surface area contributed by atoms with Crippen molar-refractivity contribution in [3.05, 3.63) is 88.3 Å². The monoisotopic (exact) mass is 499 g/mol. The van der Waals surface area contributed by atoms with Gasteiger partial charge in [-0.05, 0) is 92.6 Å². The fraction of sp³-hybridized carbons (Fsp3) is 0.433. The summed E-state index contributed by atoms with van der Waals surface area (Å²) >= 11 is 0. The molecule has 0 spiro atoms. The van der Waals surface area contributed by atoms with Gasteiger partial charge in [0.15, 0.2) is 0 Å². The van der Waals surface area contributed by atoms with E-state index in [9.17, 15) is 10.0 Å². The van der Waals surface area contributed by atoms with E-state index >= 15 is 0 Å². The second kappa shape index (κ2) is 10.7. The summed E-state index contributed by atoms with van der Waals surface area (Å²) in [4.78, 5) is 19.3. The summed E-state index contributed by atoms with van der Waals surface area (Å²) in [7, 11) is 2.14. The van der Waals surface area contributed by atoms with Crippen LogP contribution in [-0.2, 0) is 10.2 Å². The number of amides is 1. The lowest BCUT2D eigenvalue weighted by molar-refractivity contribution is -0.843. The first kappa shape index (κ1) is 25.5. The molecule has 1 saturated heterocycles. The summed E-state index contributed by atoms with van der Waals surface area (Å²) in [6, 6.07) is 14.4. The second-order valence-corrected chi connectivity index (χ2v) is 10.9. The maximum Gasteiger partial charge on any atom is 0.226 e. The highest BCUT2D eigenvalue weighted by Crippen LogP contribution is 2.50. The minimum absolute atomic E-state index is 0.0253. The fourth-order valence-corrected chi connectivity index (χ4v) is 6.60. The Bertz CT molecular complexity index is 1210. The van der Waals surface area contributed by atoms with Crippen LogP contribution in [0.3, 0.4) is 0 Å². The predicted octanol–water partition coefficient (Wildman–Crippen LogP) is 3.47. The Labute approximate surface area is 219 Å². The van der Waals surface area contributed by atoms with Gasteiger partial charge >= 0.3 is 0 Å². The molecule has 3 aliphatic rings. The lowest BCUT2D eigenvalue weighted by Gasteiger charge is -2.43. The molecule has 1 saturated carbocycles. The molecule has 3 unspecified atom stereocenters. The first-order valence-electron chi connectivity index (χ1n) is 13.3. The van der Waals surface area contributed by atoms with E-state index in [0.717, 1.165) is 49.1 Å². The van der Waals surface area contributed by atoms with Crippen molar-refractivity contribution in [2.45, 2.75) is 43.9 Å². The van der Waals surface area contributed by atoms with E-state index in [1.54, 1.807) is 6.20 Å². The lowest BCUT2D eigenvalue weighted by Crippen LogP contribution is -3.10. The molecule has 5 rings (SSSR count). The third kappa shape index (κ3) is 5.30. The van der Waals surface area contributed by atoms with Gasteiger partial charge in [0.2, 0.25) is 5.91 Å². The summed E-state index contributed by atoms with van der Waals surface area (Å²) in [5.74, 6) is 0.823. The largest absolute Gasteiger partial charge is 0.634 e. The van der Waals surface area contributed by atoms with Crippen LogP contribution in [0.2, 0.25) is 0 Å². The van der Waals surface area contributed by atoms with Crippen molar-refractivity contribution in [1.82, 2.24) is 9.88 Å². The Morgan fingerprint density at radius 1 is 1.19 bits per heavy atom. The summed E-state index contributed by atoms with van der Waals surface area (Å²) < 4.78 is 0. The van der Waals surface area contributed by atoms with E-state index < -0.39 is 0 Å². The number of aromatic nitrogens is 1. The van der Waals surface area contributed by atoms with Crippen LogP contribution in [0.4, 0.5) is 5.82 Å². The van der Waals surface area contributed by atoms with E-state index in [0.29, 0.717) is 24.5 Å². The minimum atomic E-state index is -0.155. The standard InChI is InChI=1S/C30H37N5O2/c1-3-24-21(17-26-25-10-7-13-32-29(25)33-28(36)18-27(24)26)16-23(31)19-35(37)20-30(11-14-34(2)15-12-30)22-8-5-4-6-9-22/h3-10,13,16,26-27,31,35H,11-12,14-15,17-20H2,1-2H3,(H,32,33,36)/b21-16-,24-3+,31-23?. The molecule has 2 aliphatic heterocycles. The molecule has 1 aromatic carbocycles. The third-order valence-electron chi connectivity index (χ3n) is 8.51. The molecule has 1 amide bonds. The molecule has 2 fully saturated rings. The topological polar surface area (TPSA) is 96.6 Å². The number of rotatable bonds is 6. The highest BCUT2D eigenvalue weighted by Gasteiger charge is 2.41. The normalized spacial score (nSPS) is 26.3. The van der Waals surface area contributed by atoms with Crippen LogP contribution in [0.15, 0.2) is 72.0 Å². The number of carbonyl (C=O) groups excluding carboxylic acids is 1. The van der Waals surface area contributed by atoms with E-state index in [2.05, 4.69) is 52.6 Å². The maximum absolute atomic E-state index is 13.4. The zero-order chi connectivity index (χ0) is 26.0. The van der Waals surface area contributed by atoms with Gasteiger partial charge in [0.25, 0.3) is 0 Å². The van der Waals surface area contributed by atoms with Gasteiger partial charge in [0.05, 0.1) is 12.3 Å². The molecule has 2 aromatic rings. The van der Waals surface area contributed by atoms with Gasteiger partial charge < -0.3 is 20.5 Å². The number of carbonyl (C=O) groups is 1. The first-order valence-corrected chi connectivity index (χ1v) is 13.3. The van der Waals surface area contributed by atoms with Crippen molar-refractivity contribution in [3.8, 4) is 0 Å². The second-order valence-electron chi connectivity index (χ2n) is 10.9. The number of nitrogens with zero attached hydrogens (tertiary/aromatic N) is 2. The van der Waals surface area contributed by atoms with E-state index in [-0.39, 0.29) is 34.8 Å². The molecule has 7 heteroatoms. The lowest BCUT2D eigenvalue weighted by atomic mass is 9.72. The number of pyridine rings is 1. The van der Waals surface area contributed by atoms with E-state index in [1.165, 1.54) is 5.56 Å². The van der Waals surface area contributed by atoms with Crippen LogP contribution >= 0.6 is 0 Å². The number of nitrogens with one attached hydrogen (secondary N) is 3. The third-order valence-corrected chi connectivity index (χ3v) is 8.51. The van der Waals surface area contributed by atoms with Crippen molar-refractivity contribution in [3.63, 3.8) is 0 Å². The summed E-state index contributed by atoms with van der Waals surface area (Å²) in [6.45, 7) is 4.55. The highest BCUT2D eigenvalue weighted by atomic mass is 16.5. The molecule has 0 bridgehead atoms. The first-order chi connectivity index (χ1) is 17.9. The number of hydrogen-bond acceptors (Lipinski definition) is 5. The van der Waals surface area contributed by atoms with Gasteiger partial charge in [-0.3, -0.25) is 10.2 Å². The molecule has 1 aromatic heterocycles. The number of hydrogen-bond donors (Lipinski definition) is 3. The molecule has 1 aliphatic carbocycles. The number of anilines is 1. The molecule has 3 N–H and O–H groups in total. The van der Waals surface area contributed by atoms with Crippen molar-refractivity contribution >= 4 is 17.4 Å². The van der Waals surface area contributed by atoms with Crippen molar-refractivity contribution in [2.75, 3.05) is 38.5 Å². The molecule has 37 heavy (non-hydrogen) atoms. The number of hydroxylamine groups is 2. The summed E-state index contributed by atoms with van der Waals surface area (Å²) in [5.41, 5.74) is 4.66. The van der Waals surface area contributed by atoms with Crippen LogP contribution in [0.25, 0.3) is 0 Å². The smallest absolute Gasteiger partial charge is 0.226 e. The number of piperidine rings is 1. The summed E-state index contributed by atoms with van der Waals surface area (Å²) in [5, 5.41) is 25.2. The van der Waals surface area contributed by atoms with Gasteiger partial charge in [-0.25, -0.2) is 4.98 Å². The number of allylic oxidation sites excluding steroid dienone is 3. The van der Waals surface area contributed by atoms with Crippen LogP contribution in [0.1, 0.15) is 49.7 Å². The van der Waals surface area contributed by atoms with E-state index in [1.807, 2.05) is 31.2 Å². The maximum atomic E-state index is 13.4. The van der Waals surface area contributed by atoms with Gasteiger partial charge in [0, 0.05) is 18.0 Å². The zero-order valence-electron chi connectivity index (χ0n) is 21.8. The number of fused-ring (bicyclic) bond motifs is 3. The van der Waals surface area contributed by atoms with Crippen LogP contribution in [0, 0.1) is 16.5 Å². The van der Waals surface area contributed by atoms with E-state index in [4.69, 9.17) is 5.41 Å². The van der Waals surface area contributed by atoms with Crippen LogP contribution in [0.5, 0.6) is 0 Å². The Balaban J connectivity index is 1.33. The zero-order valence-corrected chi connectivity index (χ0v) is 21.8.